The summed E-state index contributed by atoms with van der Waals surface area (Å²) in [5.41, 5.74) is 1.32. The van der Waals surface area contributed by atoms with Gasteiger partial charge in [0.2, 0.25) is 0 Å². The first kappa shape index (κ1) is 9.69. The maximum atomic E-state index is 5.54. The minimum absolute atomic E-state index is 0.238. The molecule has 14 heavy (non-hydrogen) atoms. The lowest BCUT2D eigenvalue weighted by Crippen LogP contribution is -2.23. The molecule has 0 saturated carbocycles. The van der Waals surface area contributed by atoms with Crippen LogP contribution in [-0.2, 0) is 15.9 Å². The Morgan fingerprint density at radius 1 is 1.14 bits per heavy atom. The molecular weight excluding hydrogens is 176 g/mol. The van der Waals surface area contributed by atoms with Gasteiger partial charge < -0.3 is 9.47 Å². The predicted molar refractivity (Wildman–Crippen MR) is 55.1 cm³/mol. The molecule has 2 rings (SSSR count). The standard InChI is InChI=1S/C12H16O2/c1-2-11-12(14-9-13-11)8-10-6-4-3-5-7-10/h3-7,11-12H,2,8-9H2,1H3. The largest absolute Gasteiger partial charge is 0.349 e. The monoisotopic (exact) mass is 192 g/mol. The molecule has 76 valence electrons. The highest BCUT2D eigenvalue weighted by atomic mass is 16.7. The third kappa shape index (κ3) is 2.14. The molecule has 1 fully saturated rings. The summed E-state index contributed by atoms with van der Waals surface area (Å²) in [5.74, 6) is 0. The van der Waals surface area contributed by atoms with Crippen molar-refractivity contribution >= 4 is 0 Å². The second-order valence-corrected chi connectivity index (χ2v) is 3.63. The van der Waals surface area contributed by atoms with Crippen molar-refractivity contribution in [2.24, 2.45) is 0 Å². The zero-order valence-electron chi connectivity index (χ0n) is 8.48. The lowest BCUT2D eigenvalue weighted by atomic mass is 10.0. The van der Waals surface area contributed by atoms with Gasteiger partial charge in [0.25, 0.3) is 0 Å². The summed E-state index contributed by atoms with van der Waals surface area (Å²) in [4.78, 5) is 0. The van der Waals surface area contributed by atoms with Gasteiger partial charge in [-0.15, -0.1) is 0 Å². The van der Waals surface area contributed by atoms with Crippen molar-refractivity contribution in [1.82, 2.24) is 0 Å². The summed E-state index contributed by atoms with van der Waals surface area (Å²) >= 11 is 0. The molecule has 2 nitrogen and oxygen atoms in total. The van der Waals surface area contributed by atoms with E-state index in [-0.39, 0.29) is 12.2 Å². The molecule has 0 radical (unpaired) electrons. The Labute approximate surface area is 84.8 Å². The van der Waals surface area contributed by atoms with E-state index >= 15 is 0 Å². The predicted octanol–water partition coefficient (Wildman–Crippen LogP) is 2.38. The number of hydrogen-bond acceptors (Lipinski definition) is 2. The Kier molecular flexibility index (Phi) is 3.17. The van der Waals surface area contributed by atoms with Gasteiger partial charge in [-0.25, -0.2) is 0 Å². The van der Waals surface area contributed by atoms with E-state index in [1.54, 1.807) is 0 Å². The number of hydrogen-bond donors (Lipinski definition) is 0. The topological polar surface area (TPSA) is 18.5 Å². The van der Waals surface area contributed by atoms with E-state index in [2.05, 4.69) is 31.2 Å². The van der Waals surface area contributed by atoms with E-state index < -0.39 is 0 Å². The molecule has 0 amide bonds. The molecule has 1 aromatic rings. The first-order valence-corrected chi connectivity index (χ1v) is 5.17. The average molecular weight is 192 g/mol. The molecule has 2 heteroatoms. The molecule has 1 aliphatic heterocycles. The number of ether oxygens (including phenoxy) is 2. The van der Waals surface area contributed by atoms with Crippen molar-refractivity contribution in [3.8, 4) is 0 Å². The van der Waals surface area contributed by atoms with Crippen LogP contribution in [0.3, 0.4) is 0 Å². The van der Waals surface area contributed by atoms with Gasteiger partial charge in [-0.2, -0.15) is 0 Å². The molecule has 2 atom stereocenters. The molecule has 2 unspecified atom stereocenters. The molecular formula is C12H16O2. The van der Waals surface area contributed by atoms with Crippen LogP contribution >= 0.6 is 0 Å². The van der Waals surface area contributed by atoms with Crippen LogP contribution in [0.25, 0.3) is 0 Å². The highest BCUT2D eigenvalue weighted by Crippen LogP contribution is 2.19. The average Bonchev–Trinajstić information content (AvgIpc) is 2.67. The summed E-state index contributed by atoms with van der Waals surface area (Å²) in [6.07, 6.45) is 2.49. The zero-order chi connectivity index (χ0) is 9.80. The van der Waals surface area contributed by atoms with E-state index in [0.29, 0.717) is 6.79 Å². The van der Waals surface area contributed by atoms with Crippen LogP contribution in [0.2, 0.25) is 0 Å². The Morgan fingerprint density at radius 2 is 1.86 bits per heavy atom. The summed E-state index contributed by atoms with van der Waals surface area (Å²) in [7, 11) is 0. The van der Waals surface area contributed by atoms with Gasteiger partial charge in [-0.05, 0) is 12.0 Å². The third-order valence-corrected chi connectivity index (χ3v) is 2.66. The van der Waals surface area contributed by atoms with Crippen LogP contribution in [0, 0.1) is 0 Å². The van der Waals surface area contributed by atoms with Crippen LogP contribution in [-0.4, -0.2) is 19.0 Å². The number of benzene rings is 1. The van der Waals surface area contributed by atoms with E-state index in [9.17, 15) is 0 Å². The van der Waals surface area contributed by atoms with Crippen molar-refractivity contribution in [3.63, 3.8) is 0 Å². The highest BCUT2D eigenvalue weighted by Gasteiger charge is 2.27. The van der Waals surface area contributed by atoms with Gasteiger partial charge in [0, 0.05) is 6.42 Å². The van der Waals surface area contributed by atoms with E-state index in [1.807, 2.05) is 6.07 Å². The van der Waals surface area contributed by atoms with Gasteiger partial charge in [0.15, 0.2) is 0 Å². The lowest BCUT2D eigenvalue weighted by Gasteiger charge is -2.14. The second-order valence-electron chi connectivity index (χ2n) is 3.63. The van der Waals surface area contributed by atoms with Crippen molar-refractivity contribution in [2.75, 3.05) is 6.79 Å². The molecule has 0 aromatic heterocycles. The molecule has 0 N–H and O–H groups in total. The summed E-state index contributed by atoms with van der Waals surface area (Å²) in [5, 5.41) is 0. The Balaban J connectivity index is 1.97. The molecule has 1 saturated heterocycles. The Hall–Kier alpha value is -0.860. The normalized spacial score (nSPS) is 26.6. The fourth-order valence-corrected chi connectivity index (χ4v) is 1.85. The van der Waals surface area contributed by atoms with E-state index in [0.717, 1.165) is 12.8 Å². The van der Waals surface area contributed by atoms with Gasteiger partial charge in [-0.1, -0.05) is 37.3 Å². The number of rotatable bonds is 3. The van der Waals surface area contributed by atoms with Gasteiger partial charge in [-0.3, -0.25) is 0 Å². The fourth-order valence-electron chi connectivity index (χ4n) is 1.85. The summed E-state index contributed by atoms with van der Waals surface area (Å²) in [6.45, 7) is 2.59. The van der Waals surface area contributed by atoms with Crippen molar-refractivity contribution in [3.05, 3.63) is 35.9 Å². The Bertz CT molecular complexity index is 271. The summed E-state index contributed by atoms with van der Waals surface area (Å²) in [6, 6.07) is 10.4. The lowest BCUT2D eigenvalue weighted by molar-refractivity contribution is 0.0382. The van der Waals surface area contributed by atoms with Gasteiger partial charge >= 0.3 is 0 Å². The molecule has 1 aromatic carbocycles. The van der Waals surface area contributed by atoms with Crippen LogP contribution in [0.5, 0.6) is 0 Å². The smallest absolute Gasteiger partial charge is 0.147 e. The Morgan fingerprint density at radius 3 is 2.57 bits per heavy atom. The van der Waals surface area contributed by atoms with E-state index in [4.69, 9.17) is 9.47 Å². The molecule has 0 aliphatic carbocycles. The van der Waals surface area contributed by atoms with Crippen molar-refractivity contribution < 1.29 is 9.47 Å². The fraction of sp³-hybridized carbons (Fsp3) is 0.500. The first-order valence-electron chi connectivity index (χ1n) is 5.17. The maximum Gasteiger partial charge on any atom is 0.147 e. The van der Waals surface area contributed by atoms with Crippen molar-refractivity contribution in [2.45, 2.75) is 32.0 Å². The minimum atomic E-state index is 0.238. The molecule has 0 bridgehead atoms. The minimum Gasteiger partial charge on any atom is -0.349 e. The molecule has 0 spiro atoms. The second kappa shape index (κ2) is 4.58. The third-order valence-electron chi connectivity index (χ3n) is 2.66. The van der Waals surface area contributed by atoms with Crippen LogP contribution in [0.4, 0.5) is 0 Å². The SMILES string of the molecule is CCC1OCOC1Cc1ccccc1. The van der Waals surface area contributed by atoms with Gasteiger partial charge in [0.05, 0.1) is 12.2 Å². The van der Waals surface area contributed by atoms with Gasteiger partial charge in [0.1, 0.15) is 6.79 Å². The zero-order valence-corrected chi connectivity index (χ0v) is 8.48. The maximum absolute atomic E-state index is 5.54. The van der Waals surface area contributed by atoms with E-state index in [1.165, 1.54) is 5.56 Å². The van der Waals surface area contributed by atoms with Crippen LogP contribution in [0.15, 0.2) is 30.3 Å². The van der Waals surface area contributed by atoms with Crippen LogP contribution in [0.1, 0.15) is 18.9 Å². The summed E-state index contributed by atoms with van der Waals surface area (Å²) < 4.78 is 11.0. The molecule has 1 aliphatic rings. The van der Waals surface area contributed by atoms with Crippen LogP contribution < -0.4 is 0 Å². The van der Waals surface area contributed by atoms with Crippen molar-refractivity contribution in [1.29, 1.82) is 0 Å². The quantitative estimate of drug-likeness (QED) is 0.732. The first-order chi connectivity index (χ1) is 6.90. The highest BCUT2D eigenvalue weighted by molar-refractivity contribution is 5.15. The molecule has 1 heterocycles.